The van der Waals surface area contributed by atoms with Gasteiger partial charge in [0.25, 0.3) is 0 Å². The number of ether oxygens (including phenoxy) is 1. The molecule has 8 heteroatoms. The second-order valence-electron chi connectivity index (χ2n) is 6.62. The summed E-state index contributed by atoms with van der Waals surface area (Å²) >= 11 is 1.45. The molecule has 0 atom stereocenters. The number of nitrogens with zero attached hydrogens (tertiary/aromatic N) is 3. The number of thiazole rings is 1. The molecule has 4 rings (SSSR count). The van der Waals surface area contributed by atoms with Crippen LogP contribution in [0.5, 0.6) is 5.75 Å². The second-order valence-corrected chi connectivity index (χ2v) is 7.46. The quantitative estimate of drug-likeness (QED) is 0.492. The van der Waals surface area contributed by atoms with Gasteiger partial charge in [-0.1, -0.05) is 24.3 Å². The Morgan fingerprint density at radius 3 is 2.80 bits per heavy atom. The summed E-state index contributed by atoms with van der Waals surface area (Å²) in [5, 5.41) is 5.52. The molecule has 2 aromatic carbocycles. The molecule has 4 aromatic rings. The molecule has 0 saturated heterocycles. The molecule has 30 heavy (non-hydrogen) atoms. The van der Waals surface area contributed by atoms with Crippen LogP contribution in [0.1, 0.15) is 11.4 Å². The van der Waals surface area contributed by atoms with Crippen LogP contribution >= 0.6 is 11.3 Å². The highest BCUT2D eigenvalue weighted by Gasteiger charge is 2.16. The topological polar surface area (TPSA) is 69.0 Å². The van der Waals surface area contributed by atoms with E-state index >= 15 is 0 Å². The van der Waals surface area contributed by atoms with Gasteiger partial charge in [-0.2, -0.15) is 0 Å². The van der Waals surface area contributed by atoms with E-state index in [2.05, 4.69) is 10.3 Å². The minimum absolute atomic E-state index is 0.136. The third-order valence-electron chi connectivity index (χ3n) is 4.53. The highest BCUT2D eigenvalue weighted by atomic mass is 32.1. The summed E-state index contributed by atoms with van der Waals surface area (Å²) in [6, 6.07) is 13.6. The second kappa shape index (κ2) is 8.46. The van der Waals surface area contributed by atoms with Crippen molar-refractivity contribution in [2.45, 2.75) is 13.3 Å². The summed E-state index contributed by atoms with van der Waals surface area (Å²) in [4.78, 5) is 21.5. The average molecular weight is 422 g/mol. The first-order valence-corrected chi connectivity index (χ1v) is 10.1. The summed E-state index contributed by atoms with van der Waals surface area (Å²) in [7, 11) is 1.63. The lowest BCUT2D eigenvalue weighted by atomic mass is 10.1. The molecule has 0 spiro atoms. The van der Waals surface area contributed by atoms with Crippen LogP contribution in [0.2, 0.25) is 0 Å². The van der Waals surface area contributed by atoms with Gasteiger partial charge < -0.3 is 10.1 Å². The molecule has 0 aliphatic heterocycles. The van der Waals surface area contributed by atoms with Crippen LogP contribution in [-0.4, -0.2) is 27.6 Å². The Hall–Kier alpha value is -3.52. The van der Waals surface area contributed by atoms with E-state index in [0.717, 1.165) is 22.6 Å². The van der Waals surface area contributed by atoms with Gasteiger partial charge in [-0.15, -0.1) is 11.3 Å². The molecule has 152 valence electrons. The summed E-state index contributed by atoms with van der Waals surface area (Å²) in [5.41, 5.74) is 2.48. The SMILES string of the molecule is COc1cccc(-c2csc(-n3c(NC(=O)Cc4ccc(F)cc4)cnc3C)n2)c1. The number of hydrogen-bond donors (Lipinski definition) is 1. The van der Waals surface area contributed by atoms with Crippen LogP contribution in [0.3, 0.4) is 0 Å². The van der Waals surface area contributed by atoms with E-state index in [0.29, 0.717) is 16.8 Å². The normalized spacial score (nSPS) is 10.8. The predicted octanol–water partition coefficient (Wildman–Crippen LogP) is 4.63. The van der Waals surface area contributed by atoms with Crippen LogP contribution in [0.25, 0.3) is 16.4 Å². The van der Waals surface area contributed by atoms with Gasteiger partial charge in [0.15, 0.2) is 5.13 Å². The first-order valence-electron chi connectivity index (χ1n) is 9.22. The molecule has 0 saturated carbocycles. The molecule has 1 amide bonds. The fourth-order valence-electron chi connectivity index (χ4n) is 3.03. The predicted molar refractivity (Wildman–Crippen MR) is 115 cm³/mol. The molecule has 0 fully saturated rings. The zero-order valence-corrected chi connectivity index (χ0v) is 17.2. The molecule has 6 nitrogen and oxygen atoms in total. The number of rotatable bonds is 6. The third kappa shape index (κ3) is 4.23. The Balaban J connectivity index is 1.56. The fraction of sp³-hybridized carbons (Fsp3) is 0.136. The van der Waals surface area contributed by atoms with E-state index in [1.54, 1.807) is 30.0 Å². The number of halogens is 1. The molecule has 0 radical (unpaired) electrons. The standard InChI is InChI=1S/C22H19FN4O2S/c1-14-24-12-20(26-21(28)10-15-6-8-17(23)9-7-15)27(14)22-25-19(13-30-22)16-4-3-5-18(11-16)29-2/h3-9,11-13H,10H2,1-2H3,(H,26,28). The molecule has 2 heterocycles. The zero-order valence-electron chi connectivity index (χ0n) is 16.4. The molecule has 0 aliphatic carbocycles. The largest absolute Gasteiger partial charge is 0.497 e. The molecule has 2 aromatic heterocycles. The van der Waals surface area contributed by atoms with E-state index < -0.39 is 0 Å². The number of amides is 1. The van der Waals surface area contributed by atoms with Crippen molar-refractivity contribution in [2.75, 3.05) is 12.4 Å². The van der Waals surface area contributed by atoms with E-state index in [-0.39, 0.29) is 18.1 Å². The smallest absolute Gasteiger partial charge is 0.229 e. The van der Waals surface area contributed by atoms with Crippen molar-refractivity contribution in [2.24, 2.45) is 0 Å². The van der Waals surface area contributed by atoms with Gasteiger partial charge in [0, 0.05) is 10.9 Å². The zero-order chi connectivity index (χ0) is 21.1. The van der Waals surface area contributed by atoms with Gasteiger partial charge in [0.2, 0.25) is 5.91 Å². The summed E-state index contributed by atoms with van der Waals surface area (Å²) in [6.45, 7) is 1.85. The number of nitrogens with one attached hydrogen (secondary N) is 1. The lowest BCUT2D eigenvalue weighted by Gasteiger charge is -2.09. The molecule has 0 unspecified atom stereocenters. The number of anilines is 1. The lowest BCUT2D eigenvalue weighted by Crippen LogP contribution is -2.17. The van der Waals surface area contributed by atoms with Crippen LogP contribution in [-0.2, 0) is 11.2 Å². The molecule has 0 aliphatic rings. The summed E-state index contributed by atoms with van der Waals surface area (Å²) in [6.07, 6.45) is 1.74. The number of imidazole rings is 1. The van der Waals surface area contributed by atoms with E-state index in [1.807, 2.05) is 36.6 Å². The van der Waals surface area contributed by atoms with Crippen molar-refractivity contribution >= 4 is 23.1 Å². The Morgan fingerprint density at radius 1 is 1.23 bits per heavy atom. The number of benzene rings is 2. The Bertz CT molecular complexity index is 1180. The van der Waals surface area contributed by atoms with Gasteiger partial charge in [0.05, 0.1) is 25.4 Å². The van der Waals surface area contributed by atoms with Crippen molar-refractivity contribution in [1.82, 2.24) is 14.5 Å². The number of aromatic nitrogens is 3. The minimum Gasteiger partial charge on any atom is -0.497 e. The highest BCUT2D eigenvalue weighted by Crippen LogP contribution is 2.29. The monoisotopic (exact) mass is 422 g/mol. The van der Waals surface area contributed by atoms with E-state index in [9.17, 15) is 9.18 Å². The third-order valence-corrected chi connectivity index (χ3v) is 5.36. The maximum absolute atomic E-state index is 13.1. The van der Waals surface area contributed by atoms with Gasteiger partial charge in [-0.05, 0) is 36.8 Å². The van der Waals surface area contributed by atoms with Gasteiger partial charge in [-0.25, -0.2) is 14.4 Å². The van der Waals surface area contributed by atoms with Crippen LogP contribution in [0, 0.1) is 12.7 Å². The first kappa shape index (κ1) is 19.8. The fourth-order valence-corrected chi connectivity index (χ4v) is 3.92. The maximum Gasteiger partial charge on any atom is 0.229 e. The van der Waals surface area contributed by atoms with Crippen LogP contribution < -0.4 is 10.1 Å². The lowest BCUT2D eigenvalue weighted by molar-refractivity contribution is -0.115. The Morgan fingerprint density at radius 2 is 2.03 bits per heavy atom. The van der Waals surface area contributed by atoms with Crippen LogP contribution in [0.4, 0.5) is 10.2 Å². The molecule has 1 N–H and O–H groups in total. The molecular formula is C22H19FN4O2S. The van der Waals surface area contributed by atoms with Crippen molar-refractivity contribution in [3.8, 4) is 22.1 Å². The van der Waals surface area contributed by atoms with Gasteiger partial charge in [-0.3, -0.25) is 9.36 Å². The number of carbonyl (C=O) groups excluding carboxylic acids is 1. The van der Waals surface area contributed by atoms with Crippen LogP contribution in [0.15, 0.2) is 60.1 Å². The average Bonchev–Trinajstić information content (AvgIpc) is 3.36. The molecule has 0 bridgehead atoms. The van der Waals surface area contributed by atoms with Crippen molar-refractivity contribution in [3.05, 3.63) is 77.3 Å². The minimum atomic E-state index is -0.330. The first-order chi connectivity index (χ1) is 14.5. The summed E-state index contributed by atoms with van der Waals surface area (Å²) in [5.74, 6) is 1.45. The Labute approximate surface area is 177 Å². The van der Waals surface area contributed by atoms with Gasteiger partial charge >= 0.3 is 0 Å². The van der Waals surface area contributed by atoms with E-state index in [1.165, 1.54) is 23.5 Å². The van der Waals surface area contributed by atoms with Crippen molar-refractivity contribution in [1.29, 1.82) is 0 Å². The number of hydrogen-bond acceptors (Lipinski definition) is 5. The van der Waals surface area contributed by atoms with E-state index in [4.69, 9.17) is 9.72 Å². The van der Waals surface area contributed by atoms with Crippen molar-refractivity contribution < 1.29 is 13.9 Å². The molecular weight excluding hydrogens is 403 g/mol. The summed E-state index contributed by atoms with van der Waals surface area (Å²) < 4.78 is 20.1. The maximum atomic E-state index is 13.1. The number of carbonyl (C=O) groups is 1. The number of aryl methyl sites for hydroxylation is 1. The van der Waals surface area contributed by atoms with Crippen molar-refractivity contribution in [3.63, 3.8) is 0 Å². The highest BCUT2D eigenvalue weighted by molar-refractivity contribution is 7.12. The Kier molecular flexibility index (Phi) is 5.58. The number of methoxy groups -OCH3 is 1. The van der Waals surface area contributed by atoms with Gasteiger partial charge in [0.1, 0.15) is 23.2 Å².